The largest absolute Gasteiger partial charge is 0.345 e. The van der Waals surface area contributed by atoms with Crippen LogP contribution in [0.2, 0.25) is 0 Å². The Kier molecular flexibility index (Phi) is 21.4. The minimum absolute atomic E-state index is 0.151. The monoisotopic (exact) mass is 505 g/mol. The maximum absolute atomic E-state index is 13.0. The lowest BCUT2D eigenvalue weighted by Gasteiger charge is -2.31. The van der Waals surface area contributed by atoms with E-state index < -0.39 is 0 Å². The number of unbranched alkanes of at least 4 members (excludes halogenated alkanes) is 15. The second-order valence-corrected chi connectivity index (χ2v) is 11.7. The molecule has 2 atom stereocenters. The molecule has 0 saturated carbocycles. The standard InChI is InChI=1S/C32H63N3O/c1-5-6-7-8-9-10-11-12-13-14-15-16-17-18-19-22-26-33-29-30-24-20-21-25-31(30)32(36)35(4)28-23-27-34(2)3/h20-21,30-31,33H,5-19,22-29H2,1-4H3. The molecule has 1 rings (SSSR count). The first-order valence-electron chi connectivity index (χ1n) is 15.8. The van der Waals surface area contributed by atoms with E-state index in [1.54, 1.807) is 0 Å². The highest BCUT2D eigenvalue weighted by Gasteiger charge is 2.30. The zero-order chi connectivity index (χ0) is 26.3. The van der Waals surface area contributed by atoms with Crippen LogP contribution >= 0.6 is 0 Å². The van der Waals surface area contributed by atoms with Gasteiger partial charge in [-0.05, 0) is 65.3 Å². The summed E-state index contributed by atoms with van der Waals surface area (Å²) < 4.78 is 0. The van der Waals surface area contributed by atoms with Crippen LogP contribution in [0.25, 0.3) is 0 Å². The Morgan fingerprint density at radius 2 is 1.19 bits per heavy atom. The van der Waals surface area contributed by atoms with E-state index in [-0.39, 0.29) is 5.92 Å². The van der Waals surface area contributed by atoms with Crippen LogP contribution in [0, 0.1) is 11.8 Å². The summed E-state index contributed by atoms with van der Waals surface area (Å²) in [6.45, 7) is 6.26. The Hall–Kier alpha value is -0.870. The van der Waals surface area contributed by atoms with Gasteiger partial charge in [0.15, 0.2) is 0 Å². The van der Waals surface area contributed by atoms with Gasteiger partial charge in [-0.1, -0.05) is 115 Å². The van der Waals surface area contributed by atoms with Crippen molar-refractivity contribution in [1.29, 1.82) is 0 Å². The highest BCUT2D eigenvalue weighted by molar-refractivity contribution is 5.79. The molecule has 0 heterocycles. The van der Waals surface area contributed by atoms with Gasteiger partial charge in [-0.25, -0.2) is 0 Å². The van der Waals surface area contributed by atoms with Crippen LogP contribution in [-0.4, -0.2) is 63.0 Å². The van der Waals surface area contributed by atoms with Gasteiger partial charge < -0.3 is 15.1 Å². The second kappa shape index (κ2) is 23.3. The summed E-state index contributed by atoms with van der Waals surface area (Å²) >= 11 is 0. The van der Waals surface area contributed by atoms with Crippen molar-refractivity contribution in [3.05, 3.63) is 12.2 Å². The van der Waals surface area contributed by atoms with Gasteiger partial charge in [-0.2, -0.15) is 0 Å². The number of amides is 1. The van der Waals surface area contributed by atoms with Crippen molar-refractivity contribution in [3.63, 3.8) is 0 Å². The van der Waals surface area contributed by atoms with Crippen molar-refractivity contribution in [2.24, 2.45) is 11.8 Å². The first kappa shape index (κ1) is 33.2. The van der Waals surface area contributed by atoms with Gasteiger partial charge in [0.2, 0.25) is 5.91 Å². The molecular formula is C32H63N3O. The molecule has 0 aliphatic heterocycles. The average Bonchev–Trinajstić information content (AvgIpc) is 2.87. The van der Waals surface area contributed by atoms with Crippen molar-refractivity contribution in [2.45, 2.75) is 129 Å². The number of carbonyl (C=O) groups is 1. The average molecular weight is 506 g/mol. The van der Waals surface area contributed by atoms with Gasteiger partial charge in [-0.3, -0.25) is 4.79 Å². The van der Waals surface area contributed by atoms with Gasteiger partial charge in [-0.15, -0.1) is 0 Å². The summed E-state index contributed by atoms with van der Waals surface area (Å²) in [5.41, 5.74) is 0. The smallest absolute Gasteiger partial charge is 0.226 e. The molecule has 2 unspecified atom stereocenters. The lowest BCUT2D eigenvalue weighted by atomic mass is 9.82. The molecule has 0 saturated heterocycles. The van der Waals surface area contributed by atoms with E-state index in [0.717, 1.165) is 45.4 Å². The van der Waals surface area contributed by atoms with E-state index in [2.05, 4.69) is 43.4 Å². The predicted molar refractivity (Wildman–Crippen MR) is 159 cm³/mol. The maximum Gasteiger partial charge on any atom is 0.226 e. The Morgan fingerprint density at radius 3 is 1.72 bits per heavy atom. The van der Waals surface area contributed by atoms with Crippen LogP contribution in [0.3, 0.4) is 0 Å². The molecule has 1 N–H and O–H groups in total. The Morgan fingerprint density at radius 1 is 0.694 bits per heavy atom. The molecule has 0 aromatic heterocycles. The van der Waals surface area contributed by atoms with Crippen molar-refractivity contribution >= 4 is 5.91 Å². The lowest BCUT2D eigenvalue weighted by molar-refractivity contribution is -0.136. The van der Waals surface area contributed by atoms with Gasteiger partial charge >= 0.3 is 0 Å². The molecule has 0 aromatic carbocycles. The summed E-state index contributed by atoms with van der Waals surface area (Å²) in [5, 5.41) is 3.68. The zero-order valence-electron chi connectivity index (χ0n) is 24.9. The SMILES string of the molecule is CCCCCCCCCCCCCCCCCCNCC1CC=CCC1C(=O)N(C)CCCN(C)C. The van der Waals surface area contributed by atoms with Crippen LogP contribution < -0.4 is 5.32 Å². The highest BCUT2D eigenvalue weighted by Crippen LogP contribution is 2.27. The first-order valence-corrected chi connectivity index (χ1v) is 15.8. The van der Waals surface area contributed by atoms with Gasteiger partial charge in [0.25, 0.3) is 0 Å². The van der Waals surface area contributed by atoms with Gasteiger partial charge in [0, 0.05) is 19.5 Å². The van der Waals surface area contributed by atoms with E-state index in [1.807, 2.05) is 11.9 Å². The number of hydrogen-bond donors (Lipinski definition) is 1. The number of nitrogens with one attached hydrogen (secondary N) is 1. The Bertz CT molecular complexity index is 533. The summed E-state index contributed by atoms with van der Waals surface area (Å²) in [7, 11) is 6.17. The molecule has 0 aromatic rings. The molecule has 0 fully saturated rings. The minimum atomic E-state index is 0.151. The minimum Gasteiger partial charge on any atom is -0.345 e. The molecule has 1 aliphatic rings. The van der Waals surface area contributed by atoms with E-state index in [1.165, 1.54) is 103 Å². The molecule has 0 spiro atoms. The molecule has 1 aliphatic carbocycles. The van der Waals surface area contributed by atoms with Gasteiger partial charge in [0.05, 0.1) is 0 Å². The molecule has 212 valence electrons. The number of nitrogens with zero attached hydrogens (tertiary/aromatic N) is 2. The molecule has 1 amide bonds. The quantitative estimate of drug-likeness (QED) is 0.107. The van der Waals surface area contributed by atoms with E-state index in [9.17, 15) is 4.79 Å². The van der Waals surface area contributed by atoms with E-state index in [4.69, 9.17) is 0 Å². The van der Waals surface area contributed by atoms with Gasteiger partial charge in [0.1, 0.15) is 0 Å². The molecule has 4 heteroatoms. The maximum atomic E-state index is 13.0. The van der Waals surface area contributed by atoms with Crippen molar-refractivity contribution in [3.8, 4) is 0 Å². The Balaban J connectivity index is 1.97. The number of carbonyl (C=O) groups excluding carboxylic acids is 1. The number of hydrogen-bond acceptors (Lipinski definition) is 3. The van der Waals surface area contributed by atoms with Crippen LogP contribution in [-0.2, 0) is 4.79 Å². The van der Waals surface area contributed by atoms with E-state index in [0.29, 0.717) is 11.8 Å². The molecule has 4 nitrogen and oxygen atoms in total. The van der Waals surface area contributed by atoms with Crippen LogP contribution in [0.15, 0.2) is 12.2 Å². The normalized spacial score (nSPS) is 17.7. The molecule has 0 radical (unpaired) electrons. The van der Waals surface area contributed by atoms with Crippen LogP contribution in [0.4, 0.5) is 0 Å². The lowest BCUT2D eigenvalue weighted by Crippen LogP contribution is -2.41. The fraction of sp³-hybridized carbons (Fsp3) is 0.906. The van der Waals surface area contributed by atoms with Crippen molar-refractivity contribution in [2.75, 3.05) is 47.3 Å². The molecular weight excluding hydrogens is 442 g/mol. The number of allylic oxidation sites excluding steroid dienone is 2. The summed E-state index contributed by atoms with van der Waals surface area (Å²) in [6.07, 6.45) is 30.1. The topological polar surface area (TPSA) is 35.6 Å². The zero-order valence-corrected chi connectivity index (χ0v) is 24.9. The third-order valence-corrected chi connectivity index (χ3v) is 7.97. The number of rotatable bonds is 24. The molecule has 0 bridgehead atoms. The van der Waals surface area contributed by atoms with Crippen LogP contribution in [0.5, 0.6) is 0 Å². The Labute approximate surface area is 226 Å². The third-order valence-electron chi connectivity index (χ3n) is 7.97. The van der Waals surface area contributed by atoms with E-state index >= 15 is 0 Å². The first-order chi connectivity index (χ1) is 17.6. The van der Waals surface area contributed by atoms with Crippen molar-refractivity contribution < 1.29 is 4.79 Å². The molecule has 36 heavy (non-hydrogen) atoms. The summed E-state index contributed by atoms with van der Waals surface area (Å²) in [5.74, 6) is 0.935. The fourth-order valence-electron chi connectivity index (χ4n) is 5.50. The second-order valence-electron chi connectivity index (χ2n) is 11.7. The highest BCUT2D eigenvalue weighted by atomic mass is 16.2. The summed E-state index contributed by atoms with van der Waals surface area (Å²) in [4.78, 5) is 17.2. The van der Waals surface area contributed by atoms with Crippen LogP contribution in [0.1, 0.15) is 129 Å². The summed E-state index contributed by atoms with van der Waals surface area (Å²) in [6, 6.07) is 0. The third kappa shape index (κ3) is 17.6. The fourth-order valence-corrected chi connectivity index (χ4v) is 5.50. The van der Waals surface area contributed by atoms with Crippen molar-refractivity contribution in [1.82, 2.24) is 15.1 Å². The predicted octanol–water partition coefficient (Wildman–Crippen LogP) is 7.83.